The highest BCUT2D eigenvalue weighted by molar-refractivity contribution is 5.80. The maximum Gasteiger partial charge on any atom is 0.306 e. The number of aromatic nitrogens is 2. The summed E-state index contributed by atoms with van der Waals surface area (Å²) in [5, 5.41) is 0. The van der Waals surface area contributed by atoms with Crippen LogP contribution in [0, 0.1) is 0 Å². The van der Waals surface area contributed by atoms with Crippen LogP contribution in [0.15, 0.2) is 48.8 Å². The lowest BCUT2D eigenvalue weighted by Crippen LogP contribution is -2.05. The van der Waals surface area contributed by atoms with Crippen LogP contribution in [0.2, 0.25) is 0 Å². The molecule has 2 N–H and O–H groups in total. The monoisotopic (exact) mass is 309 g/mol. The van der Waals surface area contributed by atoms with Crippen molar-refractivity contribution in [1.82, 2.24) is 9.55 Å². The number of ether oxygens (including phenoxy) is 1. The maximum absolute atomic E-state index is 11.5. The van der Waals surface area contributed by atoms with E-state index in [1.54, 1.807) is 6.33 Å². The number of aryl methyl sites for hydroxylation is 1. The second-order valence-corrected chi connectivity index (χ2v) is 5.34. The minimum atomic E-state index is -0.165. The van der Waals surface area contributed by atoms with Crippen LogP contribution >= 0.6 is 0 Å². The maximum atomic E-state index is 11.5. The van der Waals surface area contributed by atoms with E-state index < -0.39 is 0 Å². The Morgan fingerprint density at radius 1 is 1.26 bits per heavy atom. The molecule has 0 atom stereocenters. The number of nitrogens with zero attached hydrogens (tertiary/aromatic N) is 2. The molecule has 3 aromatic rings. The molecule has 0 fully saturated rings. The van der Waals surface area contributed by atoms with Crippen LogP contribution in [0.3, 0.4) is 0 Å². The molecule has 0 radical (unpaired) electrons. The third-order valence-corrected chi connectivity index (χ3v) is 3.68. The fourth-order valence-electron chi connectivity index (χ4n) is 2.58. The zero-order chi connectivity index (χ0) is 16.2. The van der Waals surface area contributed by atoms with Gasteiger partial charge in [0.1, 0.15) is 6.33 Å². The van der Waals surface area contributed by atoms with Gasteiger partial charge in [-0.15, -0.1) is 0 Å². The molecule has 0 bridgehead atoms. The molecule has 5 heteroatoms. The third kappa shape index (κ3) is 3.34. The smallest absolute Gasteiger partial charge is 0.306 e. The average molecular weight is 309 g/mol. The van der Waals surface area contributed by atoms with Crippen molar-refractivity contribution in [3.63, 3.8) is 0 Å². The predicted octanol–water partition coefficient (Wildman–Crippen LogP) is 3.10. The Kier molecular flexibility index (Phi) is 4.28. The molecule has 1 aromatic heterocycles. The Bertz CT molecular complexity index is 839. The highest BCUT2D eigenvalue weighted by atomic mass is 16.5. The van der Waals surface area contributed by atoms with E-state index in [9.17, 15) is 4.79 Å². The van der Waals surface area contributed by atoms with Gasteiger partial charge in [-0.05, 0) is 49.2 Å². The van der Waals surface area contributed by atoms with Gasteiger partial charge in [0.2, 0.25) is 0 Å². The minimum Gasteiger partial charge on any atom is -0.466 e. The Labute approximate surface area is 134 Å². The average Bonchev–Trinajstić information content (AvgIpc) is 2.96. The molecule has 3 rings (SSSR count). The summed E-state index contributed by atoms with van der Waals surface area (Å²) >= 11 is 0. The van der Waals surface area contributed by atoms with Gasteiger partial charge in [-0.2, -0.15) is 0 Å². The number of benzene rings is 2. The van der Waals surface area contributed by atoms with Gasteiger partial charge in [0.15, 0.2) is 0 Å². The molecule has 0 amide bonds. The van der Waals surface area contributed by atoms with Crippen molar-refractivity contribution < 1.29 is 9.53 Å². The van der Waals surface area contributed by atoms with Crippen LogP contribution in [-0.4, -0.2) is 22.1 Å². The van der Waals surface area contributed by atoms with Crippen molar-refractivity contribution in [3.05, 3.63) is 54.4 Å². The van der Waals surface area contributed by atoms with Crippen LogP contribution in [-0.2, 0) is 16.0 Å². The molecular formula is C18H19N3O2. The van der Waals surface area contributed by atoms with Gasteiger partial charge in [0, 0.05) is 17.8 Å². The van der Waals surface area contributed by atoms with Crippen molar-refractivity contribution in [1.29, 1.82) is 0 Å². The molecule has 23 heavy (non-hydrogen) atoms. The number of hydrogen-bond acceptors (Lipinski definition) is 4. The van der Waals surface area contributed by atoms with Gasteiger partial charge in [-0.1, -0.05) is 12.1 Å². The molecule has 0 aliphatic rings. The first kappa shape index (κ1) is 15.1. The van der Waals surface area contributed by atoms with Gasteiger partial charge in [-0.25, -0.2) is 4.98 Å². The lowest BCUT2D eigenvalue weighted by molar-refractivity contribution is -0.143. The molecule has 0 saturated carbocycles. The number of nitrogens with two attached hydrogens (primary N) is 1. The lowest BCUT2D eigenvalue weighted by Gasteiger charge is -2.07. The molecule has 0 aliphatic carbocycles. The van der Waals surface area contributed by atoms with Crippen molar-refractivity contribution in [2.45, 2.75) is 19.8 Å². The van der Waals surface area contributed by atoms with Crippen LogP contribution < -0.4 is 5.73 Å². The highest BCUT2D eigenvalue weighted by Crippen LogP contribution is 2.21. The summed E-state index contributed by atoms with van der Waals surface area (Å²) in [5.74, 6) is -0.165. The van der Waals surface area contributed by atoms with E-state index in [1.807, 2.05) is 47.9 Å². The number of hydrogen-bond donors (Lipinski definition) is 1. The molecule has 0 spiro atoms. The molecular weight excluding hydrogens is 290 g/mol. The molecule has 0 aliphatic heterocycles. The fourth-order valence-corrected chi connectivity index (χ4v) is 2.58. The number of imidazole rings is 1. The third-order valence-electron chi connectivity index (χ3n) is 3.68. The fraction of sp³-hybridized carbons (Fsp3) is 0.222. The van der Waals surface area contributed by atoms with E-state index in [-0.39, 0.29) is 5.97 Å². The van der Waals surface area contributed by atoms with E-state index in [0.717, 1.165) is 22.3 Å². The SMILES string of the molecule is CCOC(=O)CCc1cccc(-n2cnc3cc(N)ccc32)c1. The van der Waals surface area contributed by atoms with Crippen LogP contribution in [0.5, 0.6) is 0 Å². The molecule has 0 unspecified atom stereocenters. The van der Waals surface area contributed by atoms with Gasteiger partial charge in [-0.3, -0.25) is 9.36 Å². The first-order valence-electron chi connectivity index (χ1n) is 7.65. The number of fused-ring (bicyclic) bond motifs is 1. The first-order valence-corrected chi connectivity index (χ1v) is 7.65. The van der Waals surface area contributed by atoms with Crippen LogP contribution in [0.4, 0.5) is 5.69 Å². The molecule has 118 valence electrons. The summed E-state index contributed by atoms with van der Waals surface area (Å²) in [7, 11) is 0. The molecule has 2 aromatic carbocycles. The summed E-state index contributed by atoms with van der Waals surface area (Å²) < 4.78 is 6.99. The molecule has 0 saturated heterocycles. The predicted molar refractivity (Wildman–Crippen MR) is 90.4 cm³/mol. The van der Waals surface area contributed by atoms with Gasteiger partial charge in [0.05, 0.1) is 17.6 Å². The number of anilines is 1. The number of carbonyl (C=O) groups excluding carboxylic acids is 1. The minimum absolute atomic E-state index is 0.165. The van der Waals surface area contributed by atoms with E-state index in [1.165, 1.54) is 0 Å². The molecule has 1 heterocycles. The summed E-state index contributed by atoms with van der Waals surface area (Å²) in [6.07, 6.45) is 2.83. The van der Waals surface area contributed by atoms with Gasteiger partial charge >= 0.3 is 5.97 Å². The Hall–Kier alpha value is -2.82. The van der Waals surface area contributed by atoms with E-state index >= 15 is 0 Å². The zero-order valence-corrected chi connectivity index (χ0v) is 13.0. The van der Waals surface area contributed by atoms with E-state index in [4.69, 9.17) is 10.5 Å². The summed E-state index contributed by atoms with van der Waals surface area (Å²) in [6, 6.07) is 13.8. The van der Waals surface area contributed by atoms with Crippen LogP contribution in [0.1, 0.15) is 18.9 Å². The largest absolute Gasteiger partial charge is 0.466 e. The first-order chi connectivity index (χ1) is 11.2. The lowest BCUT2D eigenvalue weighted by atomic mass is 10.1. The Morgan fingerprint density at radius 3 is 2.96 bits per heavy atom. The van der Waals surface area contributed by atoms with Gasteiger partial charge in [0.25, 0.3) is 0 Å². The topological polar surface area (TPSA) is 70.1 Å². The summed E-state index contributed by atoms with van der Waals surface area (Å²) in [5.41, 5.74) is 10.5. The zero-order valence-electron chi connectivity index (χ0n) is 13.0. The van der Waals surface area contributed by atoms with Crippen molar-refractivity contribution >= 4 is 22.7 Å². The Balaban J connectivity index is 1.85. The summed E-state index contributed by atoms with van der Waals surface area (Å²) in [6.45, 7) is 2.23. The van der Waals surface area contributed by atoms with Gasteiger partial charge < -0.3 is 10.5 Å². The number of esters is 1. The highest BCUT2D eigenvalue weighted by Gasteiger charge is 2.07. The second-order valence-electron chi connectivity index (χ2n) is 5.34. The number of carbonyl (C=O) groups is 1. The number of rotatable bonds is 5. The quantitative estimate of drug-likeness (QED) is 0.581. The van der Waals surface area contributed by atoms with Crippen molar-refractivity contribution in [3.8, 4) is 5.69 Å². The van der Waals surface area contributed by atoms with Crippen LogP contribution in [0.25, 0.3) is 16.7 Å². The standard InChI is InChI=1S/C18H19N3O2/c1-2-23-18(22)9-6-13-4-3-5-15(10-13)21-12-20-16-11-14(19)7-8-17(16)21/h3-5,7-8,10-12H,2,6,9,19H2,1H3. The number of nitrogen functional groups attached to an aromatic ring is 1. The van der Waals surface area contributed by atoms with E-state index in [0.29, 0.717) is 25.1 Å². The summed E-state index contributed by atoms with van der Waals surface area (Å²) in [4.78, 5) is 15.9. The molecule has 5 nitrogen and oxygen atoms in total. The van der Waals surface area contributed by atoms with E-state index in [2.05, 4.69) is 11.1 Å². The Morgan fingerprint density at radius 2 is 2.13 bits per heavy atom. The second kappa shape index (κ2) is 6.52. The van der Waals surface area contributed by atoms with Crippen molar-refractivity contribution in [2.24, 2.45) is 0 Å². The van der Waals surface area contributed by atoms with Crippen molar-refractivity contribution in [2.75, 3.05) is 12.3 Å². The normalized spacial score (nSPS) is 10.8.